The summed E-state index contributed by atoms with van der Waals surface area (Å²) in [6.07, 6.45) is -2.33. The largest absolute Gasteiger partial charge is 0.497 e. The number of nitrogens with zero attached hydrogens (tertiary/aromatic N) is 2. The van der Waals surface area contributed by atoms with Crippen LogP contribution in [0.1, 0.15) is 34.2 Å². The molecular weight excluding hydrogens is 467 g/mol. The number of aromatic nitrogens is 2. The lowest BCUT2D eigenvalue weighted by atomic mass is 10.0. The molecule has 0 spiro atoms. The zero-order valence-electron chi connectivity index (χ0n) is 18.9. The van der Waals surface area contributed by atoms with Crippen molar-refractivity contribution in [2.45, 2.75) is 31.0 Å². The van der Waals surface area contributed by atoms with Gasteiger partial charge in [-0.25, -0.2) is 9.97 Å². The average Bonchev–Trinajstić information content (AvgIpc) is 2.82. The Balaban J connectivity index is 1.80. The Morgan fingerprint density at radius 3 is 2.44 bits per heavy atom. The van der Waals surface area contributed by atoms with E-state index in [1.54, 1.807) is 20.2 Å². The molecule has 0 bridgehead atoms. The molecule has 0 aliphatic rings. The van der Waals surface area contributed by atoms with Crippen molar-refractivity contribution in [3.8, 4) is 11.5 Å². The number of halogens is 3. The molecule has 1 aromatic carbocycles. The van der Waals surface area contributed by atoms with Gasteiger partial charge in [0.15, 0.2) is 5.78 Å². The number of Topliss-reactive ketones (excluding diaryl/α,β-unsaturated/α-hetero) is 1. The molecule has 3 aromatic rings. The number of benzene rings is 1. The second-order valence-corrected chi connectivity index (χ2v) is 8.47. The molecule has 0 aliphatic heterocycles. The van der Waals surface area contributed by atoms with E-state index in [-0.39, 0.29) is 17.7 Å². The summed E-state index contributed by atoms with van der Waals surface area (Å²) in [6, 6.07) is 10.1. The third-order valence-electron chi connectivity index (χ3n) is 4.86. The molecular formula is C24H24F3N3O3S. The first-order chi connectivity index (χ1) is 16.2. The minimum absolute atomic E-state index is 0.191. The van der Waals surface area contributed by atoms with Crippen molar-refractivity contribution < 1.29 is 27.4 Å². The smallest absolute Gasteiger partial charge is 0.433 e. The Bertz CT molecular complexity index is 1140. The normalized spacial score (nSPS) is 11.2. The number of ketones is 1. The molecule has 0 radical (unpaired) electrons. The van der Waals surface area contributed by atoms with Crippen molar-refractivity contribution in [1.82, 2.24) is 9.97 Å². The van der Waals surface area contributed by atoms with Crippen LogP contribution in [0, 0.1) is 0 Å². The maximum Gasteiger partial charge on any atom is 0.433 e. The molecule has 180 valence electrons. The number of anilines is 1. The number of carbonyl (C=O) groups excluding carboxylic acids is 1. The summed E-state index contributed by atoms with van der Waals surface area (Å²) in [5, 5.41) is 2.78. The molecule has 6 nitrogen and oxygen atoms in total. The molecule has 1 N–H and O–H groups in total. The number of thioether (sulfide) groups is 1. The fourth-order valence-electron chi connectivity index (χ4n) is 3.15. The number of rotatable bonds is 10. The van der Waals surface area contributed by atoms with Crippen molar-refractivity contribution in [3.05, 3.63) is 71.3 Å². The number of pyridine rings is 2. The Labute approximate surface area is 199 Å². The van der Waals surface area contributed by atoms with E-state index >= 15 is 0 Å². The molecule has 10 heteroatoms. The zero-order chi connectivity index (χ0) is 24.7. The summed E-state index contributed by atoms with van der Waals surface area (Å²) in [5.41, 5.74) is 0.626. The van der Waals surface area contributed by atoms with Gasteiger partial charge in [-0.3, -0.25) is 4.79 Å². The van der Waals surface area contributed by atoms with Crippen LogP contribution >= 0.6 is 11.8 Å². The number of ether oxygens (including phenoxy) is 2. The first kappa shape index (κ1) is 25.4. The first-order valence-corrected chi connectivity index (χ1v) is 11.4. The fourth-order valence-corrected chi connectivity index (χ4v) is 3.96. The maximum atomic E-state index is 13.1. The lowest BCUT2D eigenvalue weighted by Gasteiger charge is -2.14. The van der Waals surface area contributed by atoms with E-state index in [2.05, 4.69) is 15.3 Å². The van der Waals surface area contributed by atoms with Crippen LogP contribution < -0.4 is 14.8 Å². The molecule has 0 aliphatic carbocycles. The Morgan fingerprint density at radius 2 is 1.82 bits per heavy atom. The molecule has 0 fully saturated rings. The third kappa shape index (κ3) is 6.40. The van der Waals surface area contributed by atoms with Crippen LogP contribution in [0.5, 0.6) is 11.5 Å². The van der Waals surface area contributed by atoms with E-state index in [0.717, 1.165) is 23.6 Å². The fraction of sp³-hybridized carbons (Fsp3) is 0.292. The van der Waals surface area contributed by atoms with E-state index in [1.807, 2.05) is 31.2 Å². The second kappa shape index (κ2) is 11.2. The molecule has 2 aromatic heterocycles. The van der Waals surface area contributed by atoms with Gasteiger partial charge in [0.05, 0.1) is 25.2 Å². The van der Waals surface area contributed by atoms with Crippen LogP contribution in [-0.4, -0.2) is 35.7 Å². The zero-order valence-corrected chi connectivity index (χ0v) is 19.7. The van der Waals surface area contributed by atoms with E-state index < -0.39 is 17.7 Å². The van der Waals surface area contributed by atoms with Gasteiger partial charge in [0, 0.05) is 18.4 Å². The number of hydrogen-bond acceptors (Lipinski definition) is 7. The Hall–Kier alpha value is -3.27. The summed E-state index contributed by atoms with van der Waals surface area (Å²) in [4.78, 5) is 21.4. The number of alkyl halides is 3. The second-order valence-electron chi connectivity index (χ2n) is 7.16. The van der Waals surface area contributed by atoms with Crippen molar-refractivity contribution in [3.63, 3.8) is 0 Å². The number of hydrogen-bond donors (Lipinski definition) is 1. The predicted octanol–water partition coefficient (Wildman–Crippen LogP) is 5.66. The van der Waals surface area contributed by atoms with Crippen LogP contribution in [0.25, 0.3) is 0 Å². The van der Waals surface area contributed by atoms with Crippen LogP contribution in [0.2, 0.25) is 0 Å². The molecule has 0 amide bonds. The van der Waals surface area contributed by atoms with Gasteiger partial charge in [0.2, 0.25) is 0 Å². The SMILES string of the molecule is CCSc1cc(OCc2ccc(OC)cc2)cnc1C(=O)Cc1cc(C(F)(F)F)ncc1NC. The van der Waals surface area contributed by atoms with Gasteiger partial charge in [0.25, 0.3) is 0 Å². The third-order valence-corrected chi connectivity index (χ3v) is 5.77. The summed E-state index contributed by atoms with van der Waals surface area (Å²) in [5.74, 6) is 1.52. The maximum absolute atomic E-state index is 13.1. The highest BCUT2D eigenvalue weighted by atomic mass is 32.2. The number of methoxy groups -OCH3 is 1. The Morgan fingerprint density at radius 1 is 1.09 bits per heavy atom. The van der Waals surface area contributed by atoms with Crippen LogP contribution in [0.3, 0.4) is 0 Å². The molecule has 0 saturated carbocycles. The minimum atomic E-state index is -4.60. The molecule has 34 heavy (non-hydrogen) atoms. The monoisotopic (exact) mass is 491 g/mol. The van der Waals surface area contributed by atoms with Gasteiger partial charge >= 0.3 is 6.18 Å². The molecule has 2 heterocycles. The summed E-state index contributed by atoms with van der Waals surface area (Å²) in [7, 11) is 3.15. The lowest BCUT2D eigenvalue weighted by molar-refractivity contribution is -0.141. The quantitative estimate of drug-likeness (QED) is 0.290. The molecule has 0 atom stereocenters. The van der Waals surface area contributed by atoms with E-state index in [1.165, 1.54) is 18.0 Å². The van der Waals surface area contributed by atoms with Crippen LogP contribution in [-0.2, 0) is 19.2 Å². The average molecular weight is 492 g/mol. The van der Waals surface area contributed by atoms with Gasteiger partial charge in [0.1, 0.15) is 29.5 Å². The summed E-state index contributed by atoms with van der Waals surface area (Å²) < 4.78 is 50.3. The predicted molar refractivity (Wildman–Crippen MR) is 125 cm³/mol. The van der Waals surface area contributed by atoms with E-state index in [4.69, 9.17) is 9.47 Å². The number of carbonyl (C=O) groups is 1. The van der Waals surface area contributed by atoms with Gasteiger partial charge in [-0.1, -0.05) is 19.1 Å². The van der Waals surface area contributed by atoms with Crippen LogP contribution in [0.15, 0.2) is 53.7 Å². The molecule has 3 rings (SSSR count). The molecule has 0 unspecified atom stereocenters. The topological polar surface area (TPSA) is 73.3 Å². The standard InChI is InChI=1S/C24H24F3N3O3S/c1-4-34-21-11-18(33-14-15-5-7-17(32-3)8-6-15)12-30-23(21)20(31)9-16-10-22(24(25,26)27)29-13-19(16)28-2/h5-8,10-13,28H,4,9,14H2,1-3H3. The van der Waals surface area contributed by atoms with Gasteiger partial charge < -0.3 is 14.8 Å². The summed E-state index contributed by atoms with van der Waals surface area (Å²) >= 11 is 1.41. The van der Waals surface area contributed by atoms with E-state index in [0.29, 0.717) is 28.7 Å². The van der Waals surface area contributed by atoms with Gasteiger partial charge in [-0.2, -0.15) is 13.2 Å². The highest BCUT2D eigenvalue weighted by molar-refractivity contribution is 7.99. The van der Waals surface area contributed by atoms with Crippen LogP contribution in [0.4, 0.5) is 18.9 Å². The molecule has 0 saturated heterocycles. The van der Waals surface area contributed by atoms with Gasteiger partial charge in [-0.15, -0.1) is 11.8 Å². The highest BCUT2D eigenvalue weighted by Gasteiger charge is 2.33. The number of nitrogens with one attached hydrogen (secondary N) is 1. The van der Waals surface area contributed by atoms with Crippen molar-refractivity contribution in [1.29, 1.82) is 0 Å². The summed E-state index contributed by atoms with van der Waals surface area (Å²) in [6.45, 7) is 2.24. The highest BCUT2D eigenvalue weighted by Crippen LogP contribution is 2.31. The van der Waals surface area contributed by atoms with Crippen molar-refractivity contribution in [2.75, 3.05) is 25.2 Å². The van der Waals surface area contributed by atoms with Gasteiger partial charge in [-0.05, 0) is 41.1 Å². The van der Waals surface area contributed by atoms with Crippen molar-refractivity contribution in [2.24, 2.45) is 0 Å². The van der Waals surface area contributed by atoms with E-state index in [9.17, 15) is 18.0 Å². The van der Waals surface area contributed by atoms with Crippen molar-refractivity contribution >= 4 is 23.2 Å². The Kier molecular flexibility index (Phi) is 8.38. The first-order valence-electron chi connectivity index (χ1n) is 10.4. The minimum Gasteiger partial charge on any atom is -0.497 e. The lowest BCUT2D eigenvalue weighted by Crippen LogP contribution is -2.13.